The van der Waals surface area contributed by atoms with E-state index >= 15 is 0 Å². The topological polar surface area (TPSA) is 61.6 Å². The fraction of sp³-hybridized carbons (Fsp3) is 0. The van der Waals surface area contributed by atoms with Crippen molar-refractivity contribution in [3.63, 3.8) is 0 Å². The maximum atomic E-state index is 8.78. The molecule has 6 heteroatoms. The fourth-order valence-electron chi connectivity index (χ4n) is 1.28. The molecule has 0 saturated carbocycles. The van der Waals surface area contributed by atoms with Crippen LogP contribution in [0.5, 0.6) is 0 Å². The van der Waals surface area contributed by atoms with Gasteiger partial charge in [0.1, 0.15) is 13.0 Å². The van der Waals surface area contributed by atoms with Gasteiger partial charge in [0.25, 0.3) is 0 Å². The Hall–Kier alpha value is -2.06. The van der Waals surface area contributed by atoms with Crippen LogP contribution in [0.15, 0.2) is 30.5 Å². The third kappa shape index (κ3) is 2.74. The molecule has 0 spiro atoms. The van der Waals surface area contributed by atoms with E-state index in [-0.39, 0.29) is 0 Å². The van der Waals surface area contributed by atoms with Gasteiger partial charge in [-0.2, -0.15) is 5.26 Å². The first-order valence-corrected chi connectivity index (χ1v) is 5.33. The van der Waals surface area contributed by atoms with Gasteiger partial charge in [-0.3, -0.25) is 0 Å². The van der Waals surface area contributed by atoms with Gasteiger partial charge in [-0.25, -0.2) is 9.97 Å². The molecule has 0 aliphatic heterocycles. The first-order chi connectivity index (χ1) is 8.19. The van der Waals surface area contributed by atoms with Crippen molar-refractivity contribution in [3.8, 4) is 6.07 Å². The molecule has 0 aliphatic carbocycles. The lowest BCUT2D eigenvalue weighted by Crippen LogP contribution is -2.09. The third-order valence-electron chi connectivity index (χ3n) is 2.16. The Balaban J connectivity index is 2.25. The molecule has 0 radical (unpaired) electrons. The van der Waals surface area contributed by atoms with Crippen molar-refractivity contribution in [2.24, 2.45) is 0 Å². The maximum absolute atomic E-state index is 8.78. The van der Waals surface area contributed by atoms with Crippen LogP contribution < -0.4 is 10.8 Å². The minimum atomic E-state index is 0.413. The Morgan fingerprint density at radius 3 is 2.94 bits per heavy atom. The molecule has 0 unspecified atom stereocenters. The highest BCUT2D eigenvalue weighted by Gasteiger charge is 2.02. The van der Waals surface area contributed by atoms with Crippen LogP contribution >= 0.6 is 11.6 Å². The Labute approximate surface area is 105 Å². The number of nitriles is 1. The summed E-state index contributed by atoms with van der Waals surface area (Å²) in [4.78, 5) is 8.18. The predicted molar refractivity (Wildman–Crippen MR) is 69.7 cm³/mol. The van der Waals surface area contributed by atoms with Crippen LogP contribution in [0.4, 0.5) is 11.6 Å². The summed E-state index contributed by atoms with van der Waals surface area (Å²) in [5.41, 5.74) is 2.15. The lowest BCUT2D eigenvalue weighted by atomic mass is 10.0. The average molecular weight is 242 g/mol. The highest BCUT2D eigenvalue weighted by molar-refractivity contribution is 6.44. The summed E-state index contributed by atoms with van der Waals surface area (Å²) in [7, 11) is 1.84. The van der Waals surface area contributed by atoms with Gasteiger partial charge < -0.3 is 5.32 Å². The smallest absolute Gasteiger partial charge is 0.228 e. The molecule has 4 nitrogen and oxygen atoms in total. The molecule has 2 rings (SSSR count). The maximum Gasteiger partial charge on any atom is 0.228 e. The molecule has 1 aromatic carbocycles. The number of nitrogens with zero attached hydrogens (tertiary/aromatic N) is 3. The SMILES string of the molecule is Bc1cnc(Nc2cccc(C#N)c2)nc1Cl. The molecule has 1 aromatic heterocycles. The highest BCUT2D eigenvalue weighted by atomic mass is 35.5. The van der Waals surface area contributed by atoms with Crippen LogP contribution in [-0.2, 0) is 0 Å². The number of benzene rings is 1. The zero-order valence-corrected chi connectivity index (χ0v) is 9.86. The summed E-state index contributed by atoms with van der Waals surface area (Å²) in [5.74, 6) is 0.413. The molecular weight excluding hydrogens is 234 g/mol. The summed E-state index contributed by atoms with van der Waals surface area (Å²) in [6.45, 7) is 0. The van der Waals surface area contributed by atoms with Crippen LogP contribution in [0.3, 0.4) is 0 Å². The van der Waals surface area contributed by atoms with Crippen molar-refractivity contribution < 1.29 is 0 Å². The average Bonchev–Trinajstić information content (AvgIpc) is 2.34. The van der Waals surface area contributed by atoms with Gasteiger partial charge in [-0.1, -0.05) is 17.7 Å². The van der Waals surface area contributed by atoms with Gasteiger partial charge in [0, 0.05) is 11.9 Å². The number of halogens is 1. The first-order valence-electron chi connectivity index (χ1n) is 4.95. The Bertz CT molecular complexity index is 594. The summed E-state index contributed by atoms with van der Waals surface area (Å²) in [6, 6.07) is 9.14. The molecule has 0 fully saturated rings. The van der Waals surface area contributed by atoms with Crippen molar-refractivity contribution >= 4 is 36.5 Å². The molecule has 0 bridgehead atoms. The molecule has 1 heterocycles. The Kier molecular flexibility index (Phi) is 3.26. The number of rotatable bonds is 2. The lowest BCUT2D eigenvalue weighted by Gasteiger charge is -2.05. The zero-order valence-electron chi connectivity index (χ0n) is 9.11. The van der Waals surface area contributed by atoms with E-state index in [4.69, 9.17) is 16.9 Å². The summed E-state index contributed by atoms with van der Waals surface area (Å²) in [5, 5.41) is 12.2. The van der Waals surface area contributed by atoms with Crippen molar-refractivity contribution in [2.75, 3.05) is 5.32 Å². The first kappa shape index (κ1) is 11.4. The second-order valence-corrected chi connectivity index (χ2v) is 3.84. The number of hydrogen-bond acceptors (Lipinski definition) is 4. The van der Waals surface area contributed by atoms with E-state index in [9.17, 15) is 0 Å². The monoisotopic (exact) mass is 242 g/mol. The van der Waals surface area contributed by atoms with Gasteiger partial charge in [-0.15, -0.1) is 0 Å². The van der Waals surface area contributed by atoms with Gasteiger partial charge in [0.15, 0.2) is 0 Å². The quantitative estimate of drug-likeness (QED) is 0.630. The van der Waals surface area contributed by atoms with Gasteiger partial charge >= 0.3 is 0 Å². The van der Waals surface area contributed by atoms with Crippen LogP contribution in [0, 0.1) is 11.3 Å². The molecule has 1 N–H and O–H groups in total. The molecule has 0 aliphatic rings. The molecule has 17 heavy (non-hydrogen) atoms. The van der Waals surface area contributed by atoms with Crippen LogP contribution in [-0.4, -0.2) is 17.8 Å². The van der Waals surface area contributed by atoms with Crippen LogP contribution in [0.1, 0.15) is 5.56 Å². The third-order valence-corrected chi connectivity index (χ3v) is 2.54. The Morgan fingerprint density at radius 2 is 2.24 bits per heavy atom. The minimum Gasteiger partial charge on any atom is -0.324 e. The van der Waals surface area contributed by atoms with E-state index in [1.54, 1.807) is 24.4 Å². The van der Waals surface area contributed by atoms with E-state index < -0.39 is 0 Å². The molecule has 2 aromatic rings. The number of anilines is 2. The highest BCUT2D eigenvalue weighted by Crippen LogP contribution is 2.14. The fourth-order valence-corrected chi connectivity index (χ4v) is 1.41. The predicted octanol–water partition coefficient (Wildman–Crippen LogP) is 1.00. The van der Waals surface area contributed by atoms with Crippen molar-refractivity contribution in [1.82, 2.24) is 9.97 Å². The van der Waals surface area contributed by atoms with E-state index in [1.165, 1.54) is 0 Å². The number of nitrogens with one attached hydrogen (secondary N) is 1. The standard InChI is InChI=1S/C11H8BClN4/c12-9-6-15-11(17-10(9)13)16-8-3-1-2-7(4-8)5-14/h1-4,6H,12H2,(H,15,16,17). The number of aromatic nitrogens is 2. The minimum absolute atomic E-state index is 0.413. The largest absolute Gasteiger partial charge is 0.324 e. The van der Waals surface area contributed by atoms with Crippen LogP contribution in [0.2, 0.25) is 5.15 Å². The molecule has 0 saturated heterocycles. The van der Waals surface area contributed by atoms with E-state index in [0.717, 1.165) is 11.2 Å². The van der Waals surface area contributed by atoms with Gasteiger partial charge in [-0.05, 0) is 23.7 Å². The Morgan fingerprint density at radius 1 is 1.41 bits per heavy atom. The second kappa shape index (κ2) is 4.85. The van der Waals surface area contributed by atoms with Crippen molar-refractivity contribution in [3.05, 3.63) is 41.2 Å². The van der Waals surface area contributed by atoms with Crippen LogP contribution in [0.25, 0.3) is 0 Å². The van der Waals surface area contributed by atoms with E-state index in [0.29, 0.717) is 16.7 Å². The summed E-state index contributed by atoms with van der Waals surface area (Å²) >= 11 is 5.90. The number of hydrogen-bond donors (Lipinski definition) is 1. The molecule has 82 valence electrons. The lowest BCUT2D eigenvalue weighted by molar-refractivity contribution is 1.18. The van der Waals surface area contributed by atoms with Crippen molar-refractivity contribution in [1.29, 1.82) is 5.26 Å². The summed E-state index contributed by atoms with van der Waals surface area (Å²) < 4.78 is 0. The van der Waals surface area contributed by atoms with Gasteiger partial charge in [0.05, 0.1) is 11.6 Å². The van der Waals surface area contributed by atoms with E-state index in [1.807, 2.05) is 13.9 Å². The molecular formula is C11H8BClN4. The normalized spacial score (nSPS) is 9.65. The van der Waals surface area contributed by atoms with Crippen molar-refractivity contribution in [2.45, 2.75) is 0 Å². The molecule has 0 amide bonds. The van der Waals surface area contributed by atoms with Gasteiger partial charge in [0.2, 0.25) is 5.95 Å². The molecule has 0 atom stereocenters. The summed E-state index contributed by atoms with van der Waals surface area (Å²) in [6.07, 6.45) is 1.64. The zero-order chi connectivity index (χ0) is 12.3. The van der Waals surface area contributed by atoms with E-state index in [2.05, 4.69) is 21.4 Å². The second-order valence-electron chi connectivity index (χ2n) is 3.49.